The molecule has 0 aromatic heterocycles. The van der Waals surface area contributed by atoms with E-state index in [1.54, 1.807) is 31.2 Å². The fraction of sp³-hybridized carbons (Fsp3) is 0.133. The highest BCUT2D eigenvalue weighted by Gasteiger charge is 2.16. The lowest BCUT2D eigenvalue weighted by atomic mass is 10.1. The number of carbonyl (C=O) groups is 1. The van der Waals surface area contributed by atoms with Gasteiger partial charge < -0.3 is 0 Å². The fourth-order valence-electron chi connectivity index (χ4n) is 1.59. The molecule has 5 heteroatoms. The first-order valence-electron chi connectivity index (χ1n) is 6.00. The van der Waals surface area contributed by atoms with Gasteiger partial charge in [0.15, 0.2) is 5.78 Å². The van der Waals surface area contributed by atoms with Gasteiger partial charge in [0.05, 0.1) is 10.6 Å². The molecular weight excluding hydrogens is 274 g/mol. The van der Waals surface area contributed by atoms with Gasteiger partial charge in [0.2, 0.25) is 0 Å². The van der Waals surface area contributed by atoms with Crippen LogP contribution in [0.15, 0.2) is 71.3 Å². The number of sulfonamides is 1. The summed E-state index contributed by atoms with van der Waals surface area (Å²) in [6, 6.07) is 7.96. The molecule has 1 rings (SSSR count). The van der Waals surface area contributed by atoms with Gasteiger partial charge in [0, 0.05) is 5.57 Å². The summed E-state index contributed by atoms with van der Waals surface area (Å²) in [5, 5.41) is 0. The zero-order valence-electron chi connectivity index (χ0n) is 11.5. The summed E-state index contributed by atoms with van der Waals surface area (Å²) in [4.78, 5) is 11.6. The molecule has 4 nitrogen and oxygen atoms in total. The molecule has 20 heavy (non-hydrogen) atoms. The smallest absolute Gasteiger partial charge is 0.261 e. The van der Waals surface area contributed by atoms with Crippen molar-refractivity contribution in [3.05, 3.63) is 66.4 Å². The van der Waals surface area contributed by atoms with E-state index in [-0.39, 0.29) is 21.9 Å². The average Bonchev–Trinajstić information content (AvgIpc) is 2.40. The molecule has 106 valence electrons. The standard InChI is InChI=1S/C15H17NO3S/c1-4-9-15(14(5-2)12(3)17)16-20(18,19)13-10-7-6-8-11-13/h4-11,16H,2H2,1,3H3/b9-4-,15-14-. The molecular formula is C15H17NO3S. The highest BCUT2D eigenvalue weighted by Crippen LogP contribution is 2.13. The molecule has 0 aliphatic heterocycles. The van der Waals surface area contributed by atoms with Crippen LogP contribution in [0.2, 0.25) is 0 Å². The van der Waals surface area contributed by atoms with Crippen LogP contribution in [0.3, 0.4) is 0 Å². The molecule has 0 atom stereocenters. The number of ketones is 1. The minimum Gasteiger partial charge on any atom is -0.294 e. The minimum absolute atomic E-state index is 0.133. The van der Waals surface area contributed by atoms with Crippen molar-refractivity contribution in [1.82, 2.24) is 4.72 Å². The molecule has 0 fully saturated rings. The maximum Gasteiger partial charge on any atom is 0.261 e. The van der Waals surface area contributed by atoms with E-state index < -0.39 is 10.0 Å². The summed E-state index contributed by atoms with van der Waals surface area (Å²) in [5.41, 5.74) is 0.432. The van der Waals surface area contributed by atoms with Gasteiger partial charge in [-0.1, -0.05) is 36.9 Å². The van der Waals surface area contributed by atoms with Crippen molar-refractivity contribution in [3.63, 3.8) is 0 Å². The SMILES string of the molecule is C=C/C(C(C)=O)=C(\C=C/C)NS(=O)(=O)c1ccccc1. The number of nitrogens with one attached hydrogen (secondary N) is 1. The van der Waals surface area contributed by atoms with E-state index in [1.807, 2.05) is 0 Å². The Labute approximate surface area is 119 Å². The van der Waals surface area contributed by atoms with Crippen LogP contribution in [0, 0.1) is 0 Å². The minimum atomic E-state index is -3.73. The number of benzene rings is 1. The predicted molar refractivity (Wildman–Crippen MR) is 79.5 cm³/mol. The third-order valence-corrected chi connectivity index (χ3v) is 3.89. The second kappa shape index (κ2) is 6.86. The average molecular weight is 291 g/mol. The monoisotopic (exact) mass is 291 g/mol. The summed E-state index contributed by atoms with van der Waals surface area (Å²) in [5.74, 6) is -0.260. The Balaban J connectivity index is 3.28. The molecule has 1 N–H and O–H groups in total. The van der Waals surface area contributed by atoms with E-state index in [0.717, 1.165) is 0 Å². The lowest BCUT2D eigenvalue weighted by molar-refractivity contribution is -0.113. The van der Waals surface area contributed by atoms with Crippen molar-refractivity contribution < 1.29 is 13.2 Å². The number of carbonyl (C=O) groups excluding carboxylic acids is 1. The zero-order chi connectivity index (χ0) is 15.2. The summed E-state index contributed by atoms with van der Waals surface area (Å²) >= 11 is 0. The molecule has 0 heterocycles. The number of Topliss-reactive ketones (excluding diaryl/α,β-unsaturated/α-hetero) is 1. The number of hydrogen-bond acceptors (Lipinski definition) is 3. The van der Waals surface area contributed by atoms with Gasteiger partial charge in [0.1, 0.15) is 0 Å². The van der Waals surface area contributed by atoms with Crippen molar-refractivity contribution in [1.29, 1.82) is 0 Å². The normalized spacial score (nSPS) is 12.9. The maximum absolute atomic E-state index is 12.2. The van der Waals surface area contributed by atoms with Crippen molar-refractivity contribution >= 4 is 15.8 Å². The molecule has 0 spiro atoms. The van der Waals surface area contributed by atoms with E-state index in [2.05, 4.69) is 11.3 Å². The Morgan fingerprint density at radius 2 is 1.85 bits per heavy atom. The van der Waals surface area contributed by atoms with Gasteiger partial charge in [0.25, 0.3) is 10.0 Å². The van der Waals surface area contributed by atoms with E-state index in [0.29, 0.717) is 0 Å². The lowest BCUT2D eigenvalue weighted by Crippen LogP contribution is -2.24. The molecule has 1 aromatic rings. The van der Waals surface area contributed by atoms with Crippen LogP contribution in [0.5, 0.6) is 0 Å². The van der Waals surface area contributed by atoms with Gasteiger partial charge in [-0.2, -0.15) is 0 Å². The summed E-state index contributed by atoms with van der Waals surface area (Å²) in [6.45, 7) is 6.63. The fourth-order valence-corrected chi connectivity index (χ4v) is 2.69. The number of hydrogen-bond donors (Lipinski definition) is 1. The first kappa shape index (κ1) is 15.9. The molecule has 0 radical (unpaired) electrons. The Kier molecular flexibility index (Phi) is 5.46. The molecule has 0 aliphatic carbocycles. The summed E-state index contributed by atoms with van der Waals surface area (Å²) < 4.78 is 26.9. The Morgan fingerprint density at radius 1 is 1.25 bits per heavy atom. The Hall–Kier alpha value is -2.14. The molecule has 0 bridgehead atoms. The third kappa shape index (κ3) is 3.93. The van der Waals surface area contributed by atoms with Gasteiger partial charge in [-0.15, -0.1) is 0 Å². The zero-order valence-corrected chi connectivity index (χ0v) is 12.3. The third-order valence-electron chi connectivity index (χ3n) is 2.50. The largest absolute Gasteiger partial charge is 0.294 e. The van der Waals surface area contributed by atoms with Gasteiger partial charge in [-0.3, -0.25) is 9.52 Å². The van der Waals surface area contributed by atoms with Gasteiger partial charge in [-0.05, 0) is 32.1 Å². The van der Waals surface area contributed by atoms with Crippen LogP contribution in [0.25, 0.3) is 0 Å². The topological polar surface area (TPSA) is 63.2 Å². The molecule has 0 saturated heterocycles. The Morgan fingerprint density at radius 3 is 2.30 bits per heavy atom. The van der Waals surface area contributed by atoms with Crippen molar-refractivity contribution in [2.75, 3.05) is 0 Å². The first-order chi connectivity index (χ1) is 9.42. The lowest BCUT2D eigenvalue weighted by Gasteiger charge is -2.11. The summed E-state index contributed by atoms with van der Waals surface area (Å²) in [6.07, 6.45) is 4.51. The van der Waals surface area contributed by atoms with Crippen LogP contribution in [0.4, 0.5) is 0 Å². The second-order valence-corrected chi connectivity index (χ2v) is 5.69. The molecule has 0 amide bonds. The van der Waals surface area contributed by atoms with Gasteiger partial charge >= 0.3 is 0 Å². The van der Waals surface area contributed by atoms with E-state index >= 15 is 0 Å². The summed E-state index contributed by atoms with van der Waals surface area (Å²) in [7, 11) is -3.73. The van der Waals surface area contributed by atoms with Crippen molar-refractivity contribution in [2.24, 2.45) is 0 Å². The Bertz CT molecular complexity index is 656. The van der Waals surface area contributed by atoms with Crippen LogP contribution in [-0.2, 0) is 14.8 Å². The molecule has 1 aromatic carbocycles. The van der Waals surface area contributed by atoms with Gasteiger partial charge in [-0.25, -0.2) is 8.42 Å². The highest BCUT2D eigenvalue weighted by atomic mass is 32.2. The van der Waals surface area contributed by atoms with Crippen LogP contribution < -0.4 is 4.72 Å². The van der Waals surface area contributed by atoms with E-state index in [4.69, 9.17) is 0 Å². The van der Waals surface area contributed by atoms with Crippen molar-refractivity contribution in [2.45, 2.75) is 18.7 Å². The molecule has 0 aliphatic rings. The molecule has 0 saturated carbocycles. The highest BCUT2D eigenvalue weighted by molar-refractivity contribution is 7.89. The number of rotatable bonds is 6. The second-order valence-electron chi connectivity index (χ2n) is 4.01. The maximum atomic E-state index is 12.2. The predicted octanol–water partition coefficient (Wildman–Crippen LogP) is 2.57. The number of allylic oxidation sites excluding steroid dienone is 4. The van der Waals surface area contributed by atoms with Crippen molar-refractivity contribution in [3.8, 4) is 0 Å². The quantitative estimate of drug-likeness (QED) is 0.647. The van der Waals surface area contributed by atoms with Crippen LogP contribution >= 0.6 is 0 Å². The van der Waals surface area contributed by atoms with Crippen LogP contribution in [0.1, 0.15) is 13.8 Å². The first-order valence-corrected chi connectivity index (χ1v) is 7.49. The van der Waals surface area contributed by atoms with Crippen LogP contribution in [-0.4, -0.2) is 14.2 Å². The van der Waals surface area contributed by atoms with E-state index in [1.165, 1.54) is 31.2 Å². The van der Waals surface area contributed by atoms with E-state index in [9.17, 15) is 13.2 Å². The molecule has 0 unspecified atom stereocenters.